The van der Waals surface area contributed by atoms with Crippen LogP contribution in [0.1, 0.15) is 41.6 Å². The summed E-state index contributed by atoms with van der Waals surface area (Å²) in [5.74, 6) is 2.32. The molecule has 0 fully saturated rings. The van der Waals surface area contributed by atoms with Crippen LogP contribution in [-0.4, -0.2) is 30.9 Å². The van der Waals surface area contributed by atoms with E-state index in [0.29, 0.717) is 24.5 Å². The summed E-state index contributed by atoms with van der Waals surface area (Å²) in [6.45, 7) is 1.61. The molecule has 0 saturated heterocycles. The number of halogens is 1. The van der Waals surface area contributed by atoms with Crippen LogP contribution in [0.15, 0.2) is 84.9 Å². The predicted octanol–water partition coefficient (Wildman–Crippen LogP) is 7.37. The number of allylic oxidation sites excluding steroid dienone is 1. The van der Waals surface area contributed by atoms with Crippen molar-refractivity contribution in [2.75, 3.05) is 25.2 Å². The first-order valence-corrected chi connectivity index (χ1v) is 12.8. The number of alkyl halides is 1. The predicted molar refractivity (Wildman–Crippen MR) is 141 cm³/mol. The average molecular weight is 523 g/mol. The summed E-state index contributed by atoms with van der Waals surface area (Å²) in [5.41, 5.74) is 1.57. The third-order valence-corrected chi connectivity index (χ3v) is 5.67. The number of para-hydroxylation sites is 1. The first-order valence-electron chi connectivity index (χ1n) is 11.7. The number of ketones is 1. The molecule has 0 saturated carbocycles. The van der Waals surface area contributed by atoms with Gasteiger partial charge in [0.05, 0.1) is 6.61 Å². The molecular weight excluding hydrogens is 492 g/mol. The zero-order valence-corrected chi connectivity index (χ0v) is 20.9. The van der Waals surface area contributed by atoms with Gasteiger partial charge in [-0.25, -0.2) is 0 Å². The number of ether oxygens (including phenoxy) is 3. The number of carbonyl (C=O) groups excluding carboxylic acids is 1. The van der Waals surface area contributed by atoms with Crippen molar-refractivity contribution < 1.29 is 19.0 Å². The lowest BCUT2D eigenvalue weighted by molar-refractivity contribution is 0.104. The first kappa shape index (κ1) is 25.6. The molecule has 0 N–H and O–H groups in total. The van der Waals surface area contributed by atoms with Gasteiger partial charge in [-0.2, -0.15) is 0 Å². The number of benzene rings is 3. The van der Waals surface area contributed by atoms with Crippen molar-refractivity contribution in [1.29, 1.82) is 0 Å². The molecule has 0 amide bonds. The van der Waals surface area contributed by atoms with Gasteiger partial charge in [-0.15, -0.1) is 0 Å². The molecule has 3 aromatic carbocycles. The Morgan fingerprint density at radius 1 is 0.647 bits per heavy atom. The van der Waals surface area contributed by atoms with E-state index in [1.165, 1.54) is 19.3 Å². The Kier molecular flexibility index (Phi) is 11.3. The molecule has 0 aliphatic rings. The first-order chi connectivity index (χ1) is 16.7. The van der Waals surface area contributed by atoms with Crippen molar-refractivity contribution in [3.05, 3.63) is 96.1 Å². The summed E-state index contributed by atoms with van der Waals surface area (Å²) >= 11 is 3.45. The smallest absolute Gasteiger partial charge is 0.185 e. The van der Waals surface area contributed by atoms with E-state index in [2.05, 4.69) is 15.9 Å². The second-order valence-corrected chi connectivity index (χ2v) is 8.55. The van der Waals surface area contributed by atoms with Crippen LogP contribution in [0.4, 0.5) is 0 Å². The van der Waals surface area contributed by atoms with Gasteiger partial charge in [-0.1, -0.05) is 65.2 Å². The minimum absolute atomic E-state index is 0.0530. The molecule has 4 nitrogen and oxygen atoms in total. The van der Waals surface area contributed by atoms with E-state index in [-0.39, 0.29) is 5.78 Å². The highest BCUT2D eigenvalue weighted by atomic mass is 79.9. The normalized spacial score (nSPS) is 10.9. The number of rotatable bonds is 15. The van der Waals surface area contributed by atoms with Gasteiger partial charge in [-0.05, 0) is 73.0 Å². The number of hydrogen-bond acceptors (Lipinski definition) is 4. The Balaban J connectivity index is 1.38. The highest BCUT2D eigenvalue weighted by Crippen LogP contribution is 2.16. The highest BCUT2D eigenvalue weighted by molar-refractivity contribution is 9.09. The van der Waals surface area contributed by atoms with Gasteiger partial charge in [0.2, 0.25) is 0 Å². The lowest BCUT2D eigenvalue weighted by Gasteiger charge is -2.08. The van der Waals surface area contributed by atoms with E-state index in [1.54, 1.807) is 30.3 Å². The summed E-state index contributed by atoms with van der Waals surface area (Å²) < 4.78 is 17.1. The maximum absolute atomic E-state index is 12.5. The molecule has 3 rings (SSSR count). The summed E-state index contributed by atoms with van der Waals surface area (Å²) in [7, 11) is 0. The van der Waals surface area contributed by atoms with Crippen LogP contribution in [0, 0.1) is 0 Å². The molecule has 0 unspecified atom stereocenters. The van der Waals surface area contributed by atoms with Gasteiger partial charge >= 0.3 is 0 Å². The van der Waals surface area contributed by atoms with Crippen LogP contribution >= 0.6 is 15.9 Å². The Bertz CT molecular complexity index is 999. The fraction of sp³-hybridized carbons (Fsp3) is 0.276. The topological polar surface area (TPSA) is 44.8 Å². The zero-order chi connectivity index (χ0) is 23.8. The molecule has 178 valence electrons. The van der Waals surface area contributed by atoms with Gasteiger partial charge in [-0.3, -0.25) is 4.79 Å². The fourth-order valence-corrected chi connectivity index (χ4v) is 3.63. The van der Waals surface area contributed by atoms with Crippen molar-refractivity contribution >= 4 is 27.8 Å². The van der Waals surface area contributed by atoms with Gasteiger partial charge in [0, 0.05) is 10.9 Å². The number of hydrogen-bond donors (Lipinski definition) is 0. The lowest BCUT2D eigenvalue weighted by atomic mass is 10.1. The minimum Gasteiger partial charge on any atom is -0.494 e. The van der Waals surface area contributed by atoms with Gasteiger partial charge in [0.1, 0.15) is 30.5 Å². The van der Waals surface area contributed by atoms with E-state index in [0.717, 1.165) is 35.4 Å². The van der Waals surface area contributed by atoms with Gasteiger partial charge in [0.15, 0.2) is 5.78 Å². The van der Waals surface area contributed by atoms with Crippen molar-refractivity contribution in [3.63, 3.8) is 0 Å². The van der Waals surface area contributed by atoms with Crippen LogP contribution < -0.4 is 14.2 Å². The Hall–Kier alpha value is -3.05. The molecule has 0 aliphatic carbocycles. The molecule has 0 radical (unpaired) electrons. The van der Waals surface area contributed by atoms with Crippen LogP contribution in [0.25, 0.3) is 6.08 Å². The minimum atomic E-state index is -0.0530. The monoisotopic (exact) mass is 522 g/mol. The summed E-state index contributed by atoms with van der Waals surface area (Å²) in [4.78, 5) is 12.5. The van der Waals surface area contributed by atoms with Gasteiger partial charge < -0.3 is 14.2 Å². The molecule has 5 heteroatoms. The molecule has 3 aromatic rings. The van der Waals surface area contributed by atoms with Crippen molar-refractivity contribution in [2.45, 2.75) is 25.7 Å². The maximum Gasteiger partial charge on any atom is 0.185 e. The lowest BCUT2D eigenvalue weighted by Crippen LogP contribution is -2.09. The van der Waals surface area contributed by atoms with Crippen molar-refractivity contribution in [3.8, 4) is 17.2 Å². The average Bonchev–Trinajstić information content (AvgIpc) is 2.89. The SMILES string of the molecule is O=C(C=Cc1ccc(OCCCCCCBr)cc1)c1ccc(OCCOc2ccccc2)cc1. The number of carbonyl (C=O) groups is 1. The van der Waals surface area contributed by atoms with Crippen molar-refractivity contribution in [1.82, 2.24) is 0 Å². The molecule has 0 aliphatic heterocycles. The van der Waals surface area contributed by atoms with Gasteiger partial charge in [0.25, 0.3) is 0 Å². The molecule has 0 spiro atoms. The number of unbranched alkanes of at least 4 members (excludes halogenated alkanes) is 3. The standard InChI is InChI=1S/C29H31BrO4/c30-20-6-1-2-7-21-32-27-15-10-24(11-16-27)12-19-29(31)25-13-17-28(18-14-25)34-23-22-33-26-8-4-3-5-9-26/h3-5,8-19H,1-2,6-7,20-23H2. The maximum atomic E-state index is 12.5. The second kappa shape index (κ2) is 15.0. The van der Waals surface area contributed by atoms with Crippen LogP contribution in [0.3, 0.4) is 0 Å². The van der Waals surface area contributed by atoms with E-state index in [9.17, 15) is 4.79 Å². The molecule has 0 aromatic heterocycles. The van der Waals surface area contributed by atoms with E-state index in [4.69, 9.17) is 14.2 Å². The second-order valence-electron chi connectivity index (χ2n) is 7.75. The van der Waals surface area contributed by atoms with E-state index >= 15 is 0 Å². The van der Waals surface area contributed by atoms with E-state index in [1.807, 2.05) is 60.7 Å². The highest BCUT2D eigenvalue weighted by Gasteiger charge is 2.03. The van der Waals surface area contributed by atoms with Crippen LogP contribution in [-0.2, 0) is 0 Å². The molecule has 34 heavy (non-hydrogen) atoms. The molecular formula is C29H31BrO4. The summed E-state index contributed by atoms with van der Waals surface area (Å²) in [5, 5.41) is 1.07. The fourth-order valence-electron chi connectivity index (χ4n) is 3.23. The van der Waals surface area contributed by atoms with Crippen LogP contribution in [0.5, 0.6) is 17.2 Å². The third kappa shape index (κ3) is 9.44. The molecule has 0 heterocycles. The quantitative estimate of drug-likeness (QED) is 0.0903. The Morgan fingerprint density at radius 3 is 1.85 bits per heavy atom. The summed E-state index contributed by atoms with van der Waals surface area (Å²) in [6, 6.07) is 24.6. The molecule has 0 bridgehead atoms. The van der Waals surface area contributed by atoms with Crippen molar-refractivity contribution in [2.24, 2.45) is 0 Å². The zero-order valence-electron chi connectivity index (χ0n) is 19.3. The Labute approximate surface area is 210 Å². The molecule has 0 atom stereocenters. The Morgan fingerprint density at radius 2 is 1.21 bits per heavy atom. The largest absolute Gasteiger partial charge is 0.494 e. The van der Waals surface area contributed by atoms with Crippen LogP contribution in [0.2, 0.25) is 0 Å². The third-order valence-electron chi connectivity index (χ3n) is 5.11. The summed E-state index contributed by atoms with van der Waals surface area (Å²) in [6.07, 6.45) is 8.09. The van der Waals surface area contributed by atoms with E-state index < -0.39 is 0 Å².